The lowest BCUT2D eigenvalue weighted by Crippen LogP contribution is -1.94. The lowest BCUT2D eigenvalue weighted by atomic mass is 10.1. The largest absolute Gasteiger partial charge is 0.384 e. The highest BCUT2D eigenvalue weighted by atomic mass is 16.5. The Hall–Kier alpha value is -1.61. The van der Waals surface area contributed by atoms with Gasteiger partial charge in [0.05, 0.1) is 12.3 Å². The van der Waals surface area contributed by atoms with Gasteiger partial charge in [0.2, 0.25) is 0 Å². The number of ether oxygens (including phenoxy) is 1. The summed E-state index contributed by atoms with van der Waals surface area (Å²) in [6, 6.07) is 10.2. The molecule has 0 aliphatic carbocycles. The fourth-order valence-electron chi connectivity index (χ4n) is 1.56. The molecule has 2 aromatic rings. The van der Waals surface area contributed by atoms with E-state index in [1.54, 1.807) is 7.11 Å². The van der Waals surface area contributed by atoms with Gasteiger partial charge in [0.25, 0.3) is 0 Å². The van der Waals surface area contributed by atoms with Gasteiger partial charge >= 0.3 is 0 Å². The third kappa shape index (κ3) is 2.25. The van der Waals surface area contributed by atoms with Crippen LogP contribution >= 0.6 is 0 Å². The molecular formula is C12H14N2O. The molecule has 78 valence electrons. The Morgan fingerprint density at radius 3 is 2.80 bits per heavy atom. The standard InChI is InChI=1S/C12H14N2O/c1-15-8-7-11-9-13-14-12(11)10-5-3-2-4-6-10/h2-6,9H,7-8H2,1H3,(H,13,14). The first-order chi connectivity index (χ1) is 7.42. The summed E-state index contributed by atoms with van der Waals surface area (Å²) >= 11 is 0. The quantitative estimate of drug-likeness (QED) is 0.825. The van der Waals surface area contributed by atoms with Gasteiger partial charge in [-0.25, -0.2) is 0 Å². The molecule has 1 heterocycles. The van der Waals surface area contributed by atoms with E-state index >= 15 is 0 Å². The fourth-order valence-corrected chi connectivity index (χ4v) is 1.56. The molecule has 0 radical (unpaired) electrons. The first-order valence-corrected chi connectivity index (χ1v) is 4.99. The summed E-state index contributed by atoms with van der Waals surface area (Å²) in [5, 5.41) is 7.16. The lowest BCUT2D eigenvalue weighted by molar-refractivity contribution is 0.202. The van der Waals surface area contributed by atoms with Gasteiger partial charge in [-0.15, -0.1) is 0 Å². The van der Waals surface area contributed by atoms with Crippen molar-refractivity contribution in [1.29, 1.82) is 0 Å². The van der Waals surface area contributed by atoms with E-state index in [4.69, 9.17) is 4.74 Å². The molecule has 0 spiro atoms. The SMILES string of the molecule is COCCc1c[nH]nc1-c1ccccc1. The molecule has 0 aliphatic rings. The monoisotopic (exact) mass is 202 g/mol. The second kappa shape index (κ2) is 4.75. The summed E-state index contributed by atoms with van der Waals surface area (Å²) in [5.41, 5.74) is 3.36. The van der Waals surface area contributed by atoms with E-state index in [-0.39, 0.29) is 0 Å². The zero-order valence-electron chi connectivity index (χ0n) is 8.73. The van der Waals surface area contributed by atoms with E-state index in [2.05, 4.69) is 22.3 Å². The van der Waals surface area contributed by atoms with E-state index < -0.39 is 0 Å². The van der Waals surface area contributed by atoms with Gasteiger partial charge in [0.15, 0.2) is 0 Å². The van der Waals surface area contributed by atoms with Gasteiger partial charge in [0, 0.05) is 24.4 Å². The second-order valence-electron chi connectivity index (χ2n) is 3.37. The maximum atomic E-state index is 5.06. The first kappa shape index (κ1) is 9.93. The average molecular weight is 202 g/mol. The second-order valence-corrected chi connectivity index (χ2v) is 3.37. The average Bonchev–Trinajstić information content (AvgIpc) is 2.75. The van der Waals surface area contributed by atoms with Gasteiger partial charge < -0.3 is 4.74 Å². The summed E-state index contributed by atoms with van der Waals surface area (Å²) < 4.78 is 5.06. The number of hydrogen-bond acceptors (Lipinski definition) is 2. The van der Waals surface area contributed by atoms with Crippen LogP contribution < -0.4 is 0 Å². The Bertz CT molecular complexity index is 409. The van der Waals surface area contributed by atoms with Crippen molar-refractivity contribution in [2.75, 3.05) is 13.7 Å². The number of aromatic amines is 1. The third-order valence-electron chi connectivity index (χ3n) is 2.34. The van der Waals surface area contributed by atoms with Crippen molar-refractivity contribution in [2.24, 2.45) is 0 Å². The molecule has 0 fully saturated rings. The molecule has 0 atom stereocenters. The van der Waals surface area contributed by atoms with Crippen molar-refractivity contribution in [3.05, 3.63) is 42.1 Å². The highest BCUT2D eigenvalue weighted by Gasteiger charge is 2.06. The van der Waals surface area contributed by atoms with Crippen molar-refractivity contribution in [3.8, 4) is 11.3 Å². The summed E-state index contributed by atoms with van der Waals surface area (Å²) in [7, 11) is 1.71. The minimum atomic E-state index is 0.722. The van der Waals surface area contributed by atoms with Gasteiger partial charge in [-0.1, -0.05) is 30.3 Å². The van der Waals surface area contributed by atoms with Gasteiger partial charge in [-0.05, 0) is 6.42 Å². The predicted molar refractivity (Wildman–Crippen MR) is 59.6 cm³/mol. The molecule has 1 N–H and O–H groups in total. The van der Waals surface area contributed by atoms with E-state index in [0.29, 0.717) is 0 Å². The molecule has 2 rings (SSSR count). The van der Waals surface area contributed by atoms with Crippen LogP contribution in [0.1, 0.15) is 5.56 Å². The van der Waals surface area contributed by atoms with E-state index in [1.807, 2.05) is 24.4 Å². The number of nitrogens with one attached hydrogen (secondary N) is 1. The van der Waals surface area contributed by atoms with Crippen LogP contribution in [0.2, 0.25) is 0 Å². The Balaban J connectivity index is 2.25. The summed E-state index contributed by atoms with van der Waals surface area (Å²) in [6.07, 6.45) is 2.82. The molecule has 3 nitrogen and oxygen atoms in total. The Kier molecular flexibility index (Phi) is 3.15. The molecule has 1 aromatic heterocycles. The fraction of sp³-hybridized carbons (Fsp3) is 0.250. The third-order valence-corrected chi connectivity index (χ3v) is 2.34. The molecule has 0 amide bonds. The molecule has 0 unspecified atom stereocenters. The van der Waals surface area contributed by atoms with Crippen LogP contribution in [0.3, 0.4) is 0 Å². The molecule has 0 bridgehead atoms. The molecule has 1 aromatic carbocycles. The summed E-state index contributed by atoms with van der Waals surface area (Å²) in [4.78, 5) is 0. The Morgan fingerprint density at radius 2 is 2.07 bits per heavy atom. The van der Waals surface area contributed by atoms with Gasteiger partial charge in [0.1, 0.15) is 0 Å². The molecule has 0 aliphatic heterocycles. The minimum absolute atomic E-state index is 0.722. The van der Waals surface area contributed by atoms with Crippen LogP contribution in [-0.4, -0.2) is 23.9 Å². The topological polar surface area (TPSA) is 37.9 Å². The van der Waals surface area contributed by atoms with Crippen LogP contribution in [-0.2, 0) is 11.2 Å². The number of rotatable bonds is 4. The van der Waals surface area contributed by atoms with Crippen molar-refractivity contribution < 1.29 is 4.74 Å². The smallest absolute Gasteiger partial charge is 0.0953 e. The molecule has 3 heteroatoms. The van der Waals surface area contributed by atoms with Crippen LogP contribution in [0.5, 0.6) is 0 Å². The minimum Gasteiger partial charge on any atom is -0.384 e. The molecule has 0 saturated carbocycles. The van der Waals surface area contributed by atoms with Crippen LogP contribution in [0.15, 0.2) is 36.5 Å². The number of hydrogen-bond donors (Lipinski definition) is 1. The maximum Gasteiger partial charge on any atom is 0.0953 e. The van der Waals surface area contributed by atoms with Crippen molar-refractivity contribution in [1.82, 2.24) is 10.2 Å². The van der Waals surface area contributed by atoms with Crippen LogP contribution in [0, 0.1) is 0 Å². The Morgan fingerprint density at radius 1 is 1.27 bits per heavy atom. The van der Waals surface area contributed by atoms with Crippen LogP contribution in [0.25, 0.3) is 11.3 Å². The lowest BCUT2D eigenvalue weighted by Gasteiger charge is -2.01. The summed E-state index contributed by atoms with van der Waals surface area (Å²) in [5.74, 6) is 0. The number of nitrogens with zero attached hydrogens (tertiary/aromatic N) is 1. The van der Waals surface area contributed by atoms with Crippen molar-refractivity contribution in [3.63, 3.8) is 0 Å². The van der Waals surface area contributed by atoms with Gasteiger partial charge in [-0.3, -0.25) is 5.10 Å². The maximum absolute atomic E-state index is 5.06. The number of H-pyrrole nitrogens is 1. The van der Waals surface area contributed by atoms with E-state index in [0.717, 1.165) is 24.3 Å². The molecular weight excluding hydrogens is 188 g/mol. The van der Waals surface area contributed by atoms with Crippen LogP contribution in [0.4, 0.5) is 0 Å². The summed E-state index contributed by atoms with van der Waals surface area (Å²) in [6.45, 7) is 0.722. The van der Waals surface area contributed by atoms with Crippen molar-refractivity contribution >= 4 is 0 Å². The van der Waals surface area contributed by atoms with Gasteiger partial charge in [-0.2, -0.15) is 5.10 Å². The zero-order chi connectivity index (χ0) is 10.5. The first-order valence-electron chi connectivity index (χ1n) is 4.99. The number of aromatic nitrogens is 2. The van der Waals surface area contributed by atoms with E-state index in [1.165, 1.54) is 5.56 Å². The highest BCUT2D eigenvalue weighted by molar-refractivity contribution is 5.62. The van der Waals surface area contributed by atoms with E-state index in [9.17, 15) is 0 Å². The van der Waals surface area contributed by atoms with Crippen molar-refractivity contribution in [2.45, 2.75) is 6.42 Å². The normalized spacial score (nSPS) is 10.5. The molecule has 15 heavy (non-hydrogen) atoms. The Labute approximate surface area is 89.1 Å². The zero-order valence-corrected chi connectivity index (χ0v) is 8.73. The molecule has 0 saturated heterocycles. The predicted octanol–water partition coefficient (Wildman–Crippen LogP) is 2.27. The highest BCUT2D eigenvalue weighted by Crippen LogP contribution is 2.20. The number of methoxy groups -OCH3 is 1. The number of benzene rings is 1.